The van der Waals surface area contributed by atoms with Crippen molar-refractivity contribution in [2.24, 2.45) is 11.8 Å². The monoisotopic (exact) mass is 174 g/mol. The Hall–Kier alpha value is -0.570. The second-order valence-corrected chi connectivity index (χ2v) is 3.17. The van der Waals surface area contributed by atoms with Crippen LogP contribution in [0.2, 0.25) is 0 Å². The molecule has 0 aliphatic heterocycles. The Balaban J connectivity index is 3.72. The van der Waals surface area contributed by atoms with Crippen LogP contribution in [0.4, 0.5) is 0 Å². The predicted octanol–water partition coefficient (Wildman–Crippen LogP) is 1.77. The standard InChI is InChI=1S/C9H18O3/c1-4-12-6-5-8(7(2)3)9(10)11/h7-8H,4-6H2,1-3H3,(H,10,11). The number of rotatable bonds is 6. The Morgan fingerprint density at radius 2 is 2.08 bits per heavy atom. The first-order valence-corrected chi connectivity index (χ1v) is 4.40. The summed E-state index contributed by atoms with van der Waals surface area (Å²) < 4.78 is 5.10. The van der Waals surface area contributed by atoms with Gasteiger partial charge in [0.2, 0.25) is 0 Å². The first-order chi connectivity index (χ1) is 5.59. The van der Waals surface area contributed by atoms with Gasteiger partial charge in [-0.1, -0.05) is 13.8 Å². The molecule has 0 aliphatic carbocycles. The van der Waals surface area contributed by atoms with Crippen LogP contribution in [0, 0.1) is 11.8 Å². The van der Waals surface area contributed by atoms with Gasteiger partial charge in [0.15, 0.2) is 0 Å². The number of ether oxygens (including phenoxy) is 1. The smallest absolute Gasteiger partial charge is 0.306 e. The lowest BCUT2D eigenvalue weighted by Gasteiger charge is -2.15. The normalized spacial score (nSPS) is 13.3. The van der Waals surface area contributed by atoms with E-state index in [1.54, 1.807) is 0 Å². The van der Waals surface area contributed by atoms with Gasteiger partial charge in [0, 0.05) is 13.2 Å². The van der Waals surface area contributed by atoms with Crippen LogP contribution in [0.1, 0.15) is 27.2 Å². The van der Waals surface area contributed by atoms with Crippen molar-refractivity contribution in [3.05, 3.63) is 0 Å². The number of carboxylic acid groups (broad SMARTS) is 1. The summed E-state index contributed by atoms with van der Waals surface area (Å²) in [4.78, 5) is 10.7. The van der Waals surface area contributed by atoms with Crippen LogP contribution < -0.4 is 0 Å². The minimum Gasteiger partial charge on any atom is -0.481 e. The van der Waals surface area contributed by atoms with E-state index in [1.165, 1.54) is 0 Å². The van der Waals surface area contributed by atoms with E-state index in [0.717, 1.165) is 0 Å². The average Bonchev–Trinajstić information content (AvgIpc) is 1.96. The van der Waals surface area contributed by atoms with Crippen molar-refractivity contribution in [3.63, 3.8) is 0 Å². The summed E-state index contributed by atoms with van der Waals surface area (Å²) in [6, 6.07) is 0. The average molecular weight is 174 g/mol. The minimum absolute atomic E-state index is 0.183. The van der Waals surface area contributed by atoms with E-state index in [2.05, 4.69) is 0 Å². The second-order valence-electron chi connectivity index (χ2n) is 3.17. The van der Waals surface area contributed by atoms with Crippen LogP contribution in [-0.4, -0.2) is 24.3 Å². The van der Waals surface area contributed by atoms with Crippen LogP contribution in [0.15, 0.2) is 0 Å². The highest BCUT2D eigenvalue weighted by molar-refractivity contribution is 5.70. The van der Waals surface area contributed by atoms with E-state index in [1.807, 2.05) is 20.8 Å². The molecule has 0 radical (unpaired) electrons. The maximum atomic E-state index is 10.7. The highest BCUT2D eigenvalue weighted by atomic mass is 16.5. The molecule has 1 unspecified atom stereocenters. The summed E-state index contributed by atoms with van der Waals surface area (Å²) >= 11 is 0. The van der Waals surface area contributed by atoms with E-state index in [9.17, 15) is 4.79 Å². The highest BCUT2D eigenvalue weighted by Crippen LogP contribution is 2.15. The van der Waals surface area contributed by atoms with E-state index >= 15 is 0 Å². The molecule has 0 aromatic heterocycles. The maximum Gasteiger partial charge on any atom is 0.306 e. The third-order valence-corrected chi connectivity index (χ3v) is 1.90. The fourth-order valence-electron chi connectivity index (χ4n) is 1.10. The van der Waals surface area contributed by atoms with E-state index in [0.29, 0.717) is 19.6 Å². The van der Waals surface area contributed by atoms with Gasteiger partial charge in [-0.25, -0.2) is 0 Å². The number of hydrogen-bond donors (Lipinski definition) is 1. The molecule has 0 saturated heterocycles. The predicted molar refractivity (Wildman–Crippen MR) is 47.1 cm³/mol. The molecule has 0 heterocycles. The van der Waals surface area contributed by atoms with E-state index in [-0.39, 0.29) is 11.8 Å². The van der Waals surface area contributed by atoms with Crippen molar-refractivity contribution < 1.29 is 14.6 Å². The molecule has 3 heteroatoms. The Morgan fingerprint density at radius 1 is 1.50 bits per heavy atom. The lowest BCUT2D eigenvalue weighted by atomic mass is 9.93. The molecule has 0 aromatic carbocycles. The third kappa shape index (κ3) is 4.34. The fraction of sp³-hybridized carbons (Fsp3) is 0.889. The molecule has 72 valence electrons. The summed E-state index contributed by atoms with van der Waals surface area (Å²) in [6.07, 6.45) is 0.612. The minimum atomic E-state index is -0.718. The van der Waals surface area contributed by atoms with Crippen LogP contribution in [0.3, 0.4) is 0 Å². The topological polar surface area (TPSA) is 46.5 Å². The summed E-state index contributed by atoms with van der Waals surface area (Å²) in [7, 11) is 0. The van der Waals surface area contributed by atoms with Crippen LogP contribution in [0.25, 0.3) is 0 Å². The van der Waals surface area contributed by atoms with Gasteiger partial charge in [-0.05, 0) is 19.3 Å². The molecule has 3 nitrogen and oxygen atoms in total. The molecule has 0 aromatic rings. The lowest BCUT2D eigenvalue weighted by Crippen LogP contribution is -2.21. The van der Waals surface area contributed by atoms with Crippen molar-refractivity contribution in [2.45, 2.75) is 27.2 Å². The van der Waals surface area contributed by atoms with Crippen molar-refractivity contribution >= 4 is 5.97 Å². The van der Waals surface area contributed by atoms with E-state index in [4.69, 9.17) is 9.84 Å². The largest absolute Gasteiger partial charge is 0.481 e. The summed E-state index contributed by atoms with van der Waals surface area (Å²) in [5.41, 5.74) is 0. The number of hydrogen-bond acceptors (Lipinski definition) is 2. The van der Waals surface area contributed by atoms with Gasteiger partial charge in [0.25, 0.3) is 0 Å². The van der Waals surface area contributed by atoms with Gasteiger partial charge in [-0.15, -0.1) is 0 Å². The Kier molecular flexibility index (Phi) is 5.72. The first kappa shape index (κ1) is 11.4. The molecule has 12 heavy (non-hydrogen) atoms. The van der Waals surface area contributed by atoms with Crippen LogP contribution in [-0.2, 0) is 9.53 Å². The molecule has 1 atom stereocenters. The molecule has 0 bridgehead atoms. The molecule has 0 spiro atoms. The Morgan fingerprint density at radius 3 is 2.42 bits per heavy atom. The quantitative estimate of drug-likeness (QED) is 0.624. The SMILES string of the molecule is CCOCCC(C(=O)O)C(C)C. The molecule has 0 aliphatic rings. The Labute approximate surface area is 73.7 Å². The second kappa shape index (κ2) is 6.00. The van der Waals surface area contributed by atoms with Crippen LogP contribution >= 0.6 is 0 Å². The fourth-order valence-corrected chi connectivity index (χ4v) is 1.10. The summed E-state index contributed by atoms with van der Waals surface area (Å²) in [6.45, 7) is 6.96. The maximum absolute atomic E-state index is 10.7. The number of aliphatic carboxylic acids is 1. The van der Waals surface area contributed by atoms with Crippen molar-refractivity contribution in [3.8, 4) is 0 Å². The molecular weight excluding hydrogens is 156 g/mol. The third-order valence-electron chi connectivity index (χ3n) is 1.90. The van der Waals surface area contributed by atoms with Gasteiger partial charge >= 0.3 is 5.97 Å². The highest BCUT2D eigenvalue weighted by Gasteiger charge is 2.20. The van der Waals surface area contributed by atoms with Gasteiger partial charge < -0.3 is 9.84 Å². The molecule has 0 amide bonds. The molecule has 0 fully saturated rings. The number of carboxylic acids is 1. The van der Waals surface area contributed by atoms with Crippen molar-refractivity contribution in [2.75, 3.05) is 13.2 Å². The summed E-state index contributed by atoms with van der Waals surface area (Å²) in [5, 5.41) is 8.79. The first-order valence-electron chi connectivity index (χ1n) is 4.40. The van der Waals surface area contributed by atoms with Crippen molar-refractivity contribution in [1.29, 1.82) is 0 Å². The lowest BCUT2D eigenvalue weighted by molar-refractivity contribution is -0.144. The van der Waals surface area contributed by atoms with Crippen molar-refractivity contribution in [1.82, 2.24) is 0 Å². The van der Waals surface area contributed by atoms with E-state index < -0.39 is 5.97 Å². The zero-order chi connectivity index (χ0) is 9.56. The zero-order valence-corrected chi connectivity index (χ0v) is 8.04. The summed E-state index contributed by atoms with van der Waals surface area (Å²) in [5.74, 6) is -0.802. The van der Waals surface area contributed by atoms with Gasteiger partial charge in [0.1, 0.15) is 0 Å². The molecule has 0 rings (SSSR count). The van der Waals surface area contributed by atoms with Crippen LogP contribution in [0.5, 0.6) is 0 Å². The molecule has 0 saturated carbocycles. The van der Waals surface area contributed by atoms with Gasteiger partial charge in [0.05, 0.1) is 5.92 Å². The van der Waals surface area contributed by atoms with Gasteiger partial charge in [-0.2, -0.15) is 0 Å². The molecular formula is C9H18O3. The van der Waals surface area contributed by atoms with Gasteiger partial charge in [-0.3, -0.25) is 4.79 Å². The molecule has 1 N–H and O–H groups in total. The Bertz CT molecular complexity index is 132. The number of carbonyl (C=O) groups is 1. The zero-order valence-electron chi connectivity index (χ0n) is 8.04.